The predicted octanol–water partition coefficient (Wildman–Crippen LogP) is 2.66. The molecule has 1 fully saturated rings. The molecule has 1 aromatic rings. The highest BCUT2D eigenvalue weighted by atomic mass is 35.5. The van der Waals surface area contributed by atoms with Crippen LogP contribution in [0.1, 0.15) is 32.8 Å². The Morgan fingerprint density at radius 1 is 1.27 bits per heavy atom. The maximum Gasteiger partial charge on any atom is 0.243 e. The molecule has 2 atom stereocenters. The van der Waals surface area contributed by atoms with Crippen LogP contribution in [0.15, 0.2) is 29.2 Å². The molecule has 126 valence electrons. The molecule has 0 spiro atoms. The molecule has 2 N–H and O–H groups in total. The Balaban J connectivity index is 0.00000242. The summed E-state index contributed by atoms with van der Waals surface area (Å²) in [5.41, 5.74) is 7.15. The second kappa shape index (κ2) is 7.77. The zero-order valence-corrected chi connectivity index (χ0v) is 15.2. The third kappa shape index (κ3) is 4.44. The molecule has 2 rings (SSSR count). The van der Waals surface area contributed by atoms with Crippen LogP contribution in [0.25, 0.3) is 0 Å². The number of hydrogen-bond donors (Lipinski definition) is 1. The van der Waals surface area contributed by atoms with Crippen molar-refractivity contribution in [2.24, 2.45) is 17.6 Å². The first-order chi connectivity index (χ1) is 9.80. The van der Waals surface area contributed by atoms with Crippen LogP contribution in [0, 0.1) is 11.8 Å². The Labute approximate surface area is 140 Å². The average Bonchev–Trinajstić information content (AvgIpc) is 2.41. The van der Waals surface area contributed by atoms with Gasteiger partial charge in [0.25, 0.3) is 0 Å². The number of benzene rings is 1. The fraction of sp³-hybridized carbons (Fsp3) is 0.625. The molecule has 1 aromatic carbocycles. The second-order valence-electron chi connectivity index (χ2n) is 6.53. The highest BCUT2D eigenvalue weighted by Crippen LogP contribution is 2.23. The molecular formula is C16H27ClN2O2S. The summed E-state index contributed by atoms with van der Waals surface area (Å²) in [6.45, 7) is 7.35. The normalized spacial score (nSPS) is 23.3. The van der Waals surface area contributed by atoms with Crippen molar-refractivity contribution in [1.29, 1.82) is 0 Å². The predicted molar refractivity (Wildman–Crippen MR) is 92.7 cm³/mol. The van der Waals surface area contributed by atoms with Gasteiger partial charge in [0.15, 0.2) is 0 Å². The van der Waals surface area contributed by atoms with E-state index in [1.807, 2.05) is 19.1 Å². The molecule has 1 aliphatic heterocycles. The van der Waals surface area contributed by atoms with Crippen molar-refractivity contribution >= 4 is 22.4 Å². The van der Waals surface area contributed by atoms with E-state index < -0.39 is 10.0 Å². The van der Waals surface area contributed by atoms with Gasteiger partial charge in [-0.15, -0.1) is 12.4 Å². The van der Waals surface area contributed by atoms with Gasteiger partial charge in [-0.2, -0.15) is 4.31 Å². The largest absolute Gasteiger partial charge is 0.327 e. The van der Waals surface area contributed by atoms with Crippen LogP contribution in [0.4, 0.5) is 0 Å². The monoisotopic (exact) mass is 346 g/mol. The molecule has 1 heterocycles. The van der Waals surface area contributed by atoms with Gasteiger partial charge in [-0.05, 0) is 42.4 Å². The highest BCUT2D eigenvalue weighted by molar-refractivity contribution is 7.89. The van der Waals surface area contributed by atoms with Crippen molar-refractivity contribution in [3.05, 3.63) is 29.8 Å². The summed E-state index contributed by atoms with van der Waals surface area (Å²) in [5, 5.41) is 0. The fourth-order valence-electron chi connectivity index (χ4n) is 2.76. The Bertz CT molecular complexity index is 572. The van der Waals surface area contributed by atoms with E-state index in [0.29, 0.717) is 23.9 Å². The van der Waals surface area contributed by atoms with Crippen LogP contribution in [-0.2, 0) is 16.4 Å². The van der Waals surface area contributed by atoms with E-state index in [9.17, 15) is 8.42 Å². The summed E-state index contributed by atoms with van der Waals surface area (Å²) in [7, 11) is -3.39. The Kier molecular flexibility index (Phi) is 6.86. The maximum atomic E-state index is 12.7. The number of halogens is 1. The third-order valence-corrected chi connectivity index (χ3v) is 6.02. The van der Waals surface area contributed by atoms with E-state index in [2.05, 4.69) is 13.8 Å². The number of hydrogen-bond acceptors (Lipinski definition) is 3. The molecule has 0 amide bonds. The molecule has 0 saturated carbocycles. The van der Waals surface area contributed by atoms with E-state index >= 15 is 0 Å². The van der Waals surface area contributed by atoms with Gasteiger partial charge in [-0.25, -0.2) is 8.42 Å². The molecule has 6 heteroatoms. The van der Waals surface area contributed by atoms with Crippen LogP contribution in [0.5, 0.6) is 0 Å². The second-order valence-corrected chi connectivity index (χ2v) is 8.47. The first-order valence-electron chi connectivity index (χ1n) is 7.65. The van der Waals surface area contributed by atoms with E-state index in [1.54, 1.807) is 16.4 Å². The number of rotatable bonds is 4. The quantitative estimate of drug-likeness (QED) is 0.911. The van der Waals surface area contributed by atoms with Gasteiger partial charge in [-0.1, -0.05) is 32.9 Å². The van der Waals surface area contributed by atoms with Gasteiger partial charge >= 0.3 is 0 Å². The summed E-state index contributed by atoms with van der Waals surface area (Å²) >= 11 is 0. The van der Waals surface area contributed by atoms with Gasteiger partial charge in [0.2, 0.25) is 10.0 Å². The number of nitrogens with two attached hydrogens (primary N) is 1. The lowest BCUT2D eigenvalue weighted by Crippen LogP contribution is -2.48. The summed E-state index contributed by atoms with van der Waals surface area (Å²) in [6, 6.07) is 7.40. The molecule has 1 saturated heterocycles. The zero-order valence-electron chi connectivity index (χ0n) is 13.5. The van der Waals surface area contributed by atoms with Crippen LogP contribution < -0.4 is 5.73 Å². The number of piperidine rings is 1. The lowest BCUT2D eigenvalue weighted by Gasteiger charge is -2.34. The lowest BCUT2D eigenvalue weighted by molar-refractivity contribution is 0.250. The van der Waals surface area contributed by atoms with Crippen molar-refractivity contribution in [3.8, 4) is 0 Å². The summed E-state index contributed by atoms with van der Waals surface area (Å²) in [6.07, 6.45) is 1.70. The minimum atomic E-state index is -3.39. The van der Waals surface area contributed by atoms with E-state index in [0.717, 1.165) is 12.8 Å². The first-order valence-corrected chi connectivity index (χ1v) is 9.09. The number of nitrogens with zero attached hydrogens (tertiary/aromatic N) is 1. The van der Waals surface area contributed by atoms with Crippen LogP contribution in [-0.4, -0.2) is 31.9 Å². The molecule has 0 aromatic heterocycles. The Morgan fingerprint density at radius 3 is 2.36 bits per heavy atom. The SMILES string of the molecule is CC(C)Cc1ccc(S(=O)(=O)N2CCC(N)C(C)C2)cc1.Cl. The first kappa shape index (κ1) is 19.4. The molecule has 1 aliphatic rings. The van der Waals surface area contributed by atoms with E-state index in [1.165, 1.54) is 5.56 Å². The van der Waals surface area contributed by atoms with Gasteiger partial charge in [0.1, 0.15) is 0 Å². The topological polar surface area (TPSA) is 63.4 Å². The van der Waals surface area contributed by atoms with Crippen molar-refractivity contribution in [2.75, 3.05) is 13.1 Å². The minimum absolute atomic E-state index is 0. The highest BCUT2D eigenvalue weighted by Gasteiger charge is 2.31. The standard InChI is InChI=1S/C16H26N2O2S.ClH/c1-12(2)10-14-4-6-15(7-5-14)21(19,20)18-9-8-16(17)13(3)11-18;/h4-7,12-13,16H,8-11,17H2,1-3H3;1H. The summed E-state index contributed by atoms with van der Waals surface area (Å²) < 4.78 is 26.9. The number of sulfonamides is 1. The van der Waals surface area contributed by atoms with Gasteiger partial charge < -0.3 is 5.73 Å². The minimum Gasteiger partial charge on any atom is -0.327 e. The summed E-state index contributed by atoms with van der Waals surface area (Å²) in [4.78, 5) is 0.387. The van der Waals surface area contributed by atoms with Gasteiger partial charge in [-0.3, -0.25) is 0 Å². The zero-order chi connectivity index (χ0) is 15.6. The van der Waals surface area contributed by atoms with E-state index in [4.69, 9.17) is 5.73 Å². The molecule has 0 radical (unpaired) electrons. The lowest BCUT2D eigenvalue weighted by atomic mass is 9.96. The molecule has 0 bridgehead atoms. The molecular weight excluding hydrogens is 320 g/mol. The molecule has 2 unspecified atom stereocenters. The van der Waals surface area contributed by atoms with Crippen molar-refractivity contribution < 1.29 is 8.42 Å². The fourth-order valence-corrected chi connectivity index (χ4v) is 4.32. The van der Waals surface area contributed by atoms with E-state index in [-0.39, 0.29) is 24.4 Å². The Hall–Kier alpha value is -0.620. The maximum absolute atomic E-state index is 12.7. The van der Waals surface area contributed by atoms with Gasteiger partial charge in [0.05, 0.1) is 4.90 Å². The van der Waals surface area contributed by atoms with Crippen LogP contribution in [0.2, 0.25) is 0 Å². The van der Waals surface area contributed by atoms with Gasteiger partial charge in [0, 0.05) is 19.1 Å². The van der Waals surface area contributed by atoms with Crippen LogP contribution in [0.3, 0.4) is 0 Å². The molecule has 22 heavy (non-hydrogen) atoms. The van der Waals surface area contributed by atoms with Crippen LogP contribution >= 0.6 is 12.4 Å². The van der Waals surface area contributed by atoms with Crippen molar-refractivity contribution in [1.82, 2.24) is 4.31 Å². The smallest absolute Gasteiger partial charge is 0.243 e. The average molecular weight is 347 g/mol. The third-order valence-electron chi connectivity index (χ3n) is 4.14. The van der Waals surface area contributed by atoms with Crippen molar-refractivity contribution in [2.45, 2.75) is 44.6 Å². The molecule has 0 aliphatic carbocycles. The molecule has 4 nitrogen and oxygen atoms in total. The Morgan fingerprint density at radius 2 is 1.86 bits per heavy atom. The summed E-state index contributed by atoms with van der Waals surface area (Å²) in [5.74, 6) is 0.769. The van der Waals surface area contributed by atoms with Crippen molar-refractivity contribution in [3.63, 3.8) is 0 Å².